The minimum absolute atomic E-state index is 0. The fraction of sp³-hybridized carbons (Fsp3) is 0.333. The Morgan fingerprint density at radius 1 is 1.33 bits per heavy atom. The standard InChI is InChI=1S/C3H5O3P.2Na/c1-2-3-7(4,5)6;;/h1H3,(H2,4,5,6);;/q;2*+1/p-2. The quantitative estimate of drug-likeness (QED) is 0.203. The monoisotopic (exact) mass is 164 g/mol. The molecule has 0 aliphatic carbocycles. The Labute approximate surface area is 98.3 Å². The van der Waals surface area contributed by atoms with E-state index in [0.717, 1.165) is 0 Å². The average Bonchev–Trinajstić information content (AvgIpc) is 1.30. The van der Waals surface area contributed by atoms with Gasteiger partial charge in [0.05, 0.1) is 0 Å². The molecule has 0 unspecified atom stereocenters. The molecule has 6 heteroatoms. The molecule has 0 spiro atoms. The second-order valence-corrected chi connectivity index (χ2v) is 2.08. The van der Waals surface area contributed by atoms with Gasteiger partial charge in [0.2, 0.25) is 0 Å². The molecule has 0 fully saturated rings. The van der Waals surface area contributed by atoms with Crippen LogP contribution in [0.4, 0.5) is 0 Å². The van der Waals surface area contributed by atoms with Crippen molar-refractivity contribution in [2.45, 2.75) is 6.92 Å². The van der Waals surface area contributed by atoms with Crippen LogP contribution in [0.3, 0.4) is 0 Å². The van der Waals surface area contributed by atoms with Crippen molar-refractivity contribution in [2.24, 2.45) is 0 Å². The molecule has 0 saturated heterocycles. The molecule has 0 aromatic rings. The first-order valence-electron chi connectivity index (χ1n) is 1.52. The van der Waals surface area contributed by atoms with E-state index in [2.05, 4.69) is 0 Å². The van der Waals surface area contributed by atoms with Crippen LogP contribution in [0.1, 0.15) is 6.92 Å². The van der Waals surface area contributed by atoms with Crippen molar-refractivity contribution < 1.29 is 73.5 Å². The molecule has 0 aliphatic rings. The van der Waals surface area contributed by atoms with Crippen LogP contribution in [0.5, 0.6) is 0 Å². The van der Waals surface area contributed by atoms with Crippen LogP contribution in [-0.4, -0.2) is 0 Å². The maximum atomic E-state index is 9.53. The van der Waals surface area contributed by atoms with Gasteiger partial charge in [-0.25, -0.2) is 0 Å². The van der Waals surface area contributed by atoms with Crippen molar-refractivity contribution in [1.29, 1.82) is 0 Å². The van der Waals surface area contributed by atoms with E-state index in [1.165, 1.54) is 12.6 Å². The van der Waals surface area contributed by atoms with E-state index in [9.17, 15) is 14.4 Å². The molecule has 40 valence electrons. The molecular weight excluding hydrogens is 161 g/mol. The normalized spacial score (nSPS) is 7.44. The molecule has 0 aromatic carbocycles. The molecule has 0 radical (unpaired) electrons. The predicted molar refractivity (Wildman–Crippen MR) is 21.1 cm³/mol. The maximum Gasteiger partial charge on any atom is 1.00 e. The van der Waals surface area contributed by atoms with Crippen molar-refractivity contribution in [1.82, 2.24) is 0 Å². The van der Waals surface area contributed by atoms with E-state index in [-0.39, 0.29) is 59.1 Å². The molecule has 9 heavy (non-hydrogen) atoms. The van der Waals surface area contributed by atoms with E-state index in [1.807, 2.05) is 5.92 Å². The van der Waals surface area contributed by atoms with Crippen LogP contribution in [0, 0.1) is 11.6 Å². The zero-order chi connectivity index (χ0) is 5.91. The fourth-order valence-electron chi connectivity index (χ4n) is 0.137. The average molecular weight is 164 g/mol. The zero-order valence-electron chi connectivity index (χ0n) is 5.67. The topological polar surface area (TPSA) is 63.2 Å². The van der Waals surface area contributed by atoms with Gasteiger partial charge in [-0.2, -0.15) is 0 Å². The van der Waals surface area contributed by atoms with Crippen LogP contribution in [0.2, 0.25) is 0 Å². The molecule has 0 amide bonds. The van der Waals surface area contributed by atoms with E-state index in [1.54, 1.807) is 0 Å². The first kappa shape index (κ1) is 17.0. The van der Waals surface area contributed by atoms with E-state index in [0.29, 0.717) is 0 Å². The third-order valence-corrected chi connectivity index (χ3v) is 0.746. The smallest absolute Gasteiger partial charge is 0.801 e. The SMILES string of the molecule is CC#CP(=O)([O-])[O-].[Na+].[Na+]. The molecular formula is C3H3Na2O3P. The molecule has 3 nitrogen and oxygen atoms in total. The van der Waals surface area contributed by atoms with Gasteiger partial charge >= 0.3 is 59.1 Å². The van der Waals surface area contributed by atoms with Gasteiger partial charge in [-0.15, -0.1) is 5.92 Å². The Morgan fingerprint density at radius 2 is 1.67 bits per heavy atom. The third kappa shape index (κ3) is 17.7. The first-order valence-corrected chi connectivity index (χ1v) is 3.06. The van der Waals surface area contributed by atoms with E-state index >= 15 is 0 Å². The molecule has 0 rings (SSSR count). The summed E-state index contributed by atoms with van der Waals surface area (Å²) in [7, 11) is -4.53. The Hall–Kier alpha value is 1.71. The maximum absolute atomic E-state index is 9.53. The molecule has 0 N–H and O–H groups in total. The van der Waals surface area contributed by atoms with Gasteiger partial charge in [0.15, 0.2) is 0 Å². The van der Waals surface area contributed by atoms with E-state index in [4.69, 9.17) is 0 Å². The molecule has 0 bridgehead atoms. The van der Waals surface area contributed by atoms with Crippen LogP contribution < -0.4 is 68.9 Å². The van der Waals surface area contributed by atoms with Crippen molar-refractivity contribution in [2.75, 3.05) is 0 Å². The van der Waals surface area contributed by atoms with Gasteiger partial charge in [0.1, 0.15) is 0 Å². The summed E-state index contributed by atoms with van der Waals surface area (Å²) < 4.78 is 9.53. The molecule has 0 atom stereocenters. The largest absolute Gasteiger partial charge is 1.00 e. The summed E-state index contributed by atoms with van der Waals surface area (Å²) in [5, 5.41) is 0. The predicted octanol–water partition coefficient (Wildman–Crippen LogP) is -7.11. The number of hydrogen-bond donors (Lipinski definition) is 0. The summed E-state index contributed by atoms with van der Waals surface area (Å²) in [4.78, 5) is 19.1. The van der Waals surface area contributed by atoms with Crippen molar-refractivity contribution >= 4 is 7.60 Å². The van der Waals surface area contributed by atoms with Crippen molar-refractivity contribution in [3.63, 3.8) is 0 Å². The Balaban J connectivity index is -0.000000180. The number of rotatable bonds is 0. The summed E-state index contributed by atoms with van der Waals surface area (Å²) in [5.74, 6) is 1.97. The van der Waals surface area contributed by atoms with Crippen molar-refractivity contribution in [3.05, 3.63) is 0 Å². The van der Waals surface area contributed by atoms with Gasteiger partial charge < -0.3 is 14.4 Å². The van der Waals surface area contributed by atoms with Gasteiger partial charge in [0.25, 0.3) is 0 Å². The van der Waals surface area contributed by atoms with Crippen LogP contribution >= 0.6 is 7.60 Å². The van der Waals surface area contributed by atoms with Crippen LogP contribution in [0.25, 0.3) is 0 Å². The van der Waals surface area contributed by atoms with Gasteiger partial charge in [0, 0.05) is 7.60 Å². The Morgan fingerprint density at radius 3 is 1.67 bits per heavy atom. The van der Waals surface area contributed by atoms with Gasteiger partial charge in [-0.05, 0) is 6.92 Å². The Bertz CT molecular complexity index is 152. The second kappa shape index (κ2) is 7.81. The molecule has 0 aromatic heterocycles. The zero-order valence-corrected chi connectivity index (χ0v) is 10.6. The van der Waals surface area contributed by atoms with Crippen LogP contribution in [0.15, 0.2) is 0 Å². The van der Waals surface area contributed by atoms with Gasteiger partial charge in [-0.1, -0.05) is 5.66 Å². The van der Waals surface area contributed by atoms with Crippen LogP contribution in [-0.2, 0) is 4.57 Å². The molecule has 0 aliphatic heterocycles. The minimum atomic E-state index is -4.53. The summed E-state index contributed by atoms with van der Waals surface area (Å²) in [6.45, 7) is 1.29. The summed E-state index contributed by atoms with van der Waals surface area (Å²) in [5.41, 5.74) is 1.48. The third-order valence-electron chi connectivity index (χ3n) is 0.249. The minimum Gasteiger partial charge on any atom is -0.801 e. The second-order valence-electron chi connectivity index (χ2n) is 0.859. The fourth-order valence-corrected chi connectivity index (χ4v) is 0.411. The first-order chi connectivity index (χ1) is 3.06. The summed E-state index contributed by atoms with van der Waals surface area (Å²) in [6, 6.07) is 0. The Kier molecular flexibility index (Phi) is 14.7. The summed E-state index contributed by atoms with van der Waals surface area (Å²) in [6.07, 6.45) is 0. The molecule has 0 saturated carbocycles. The van der Waals surface area contributed by atoms with E-state index < -0.39 is 7.60 Å². The van der Waals surface area contributed by atoms with Gasteiger partial charge in [-0.3, -0.25) is 0 Å². The van der Waals surface area contributed by atoms with Crippen molar-refractivity contribution in [3.8, 4) is 11.6 Å². The number of hydrogen-bond acceptors (Lipinski definition) is 3. The molecule has 0 heterocycles. The summed E-state index contributed by atoms with van der Waals surface area (Å²) >= 11 is 0.